The van der Waals surface area contributed by atoms with Crippen LogP contribution in [0.2, 0.25) is 0 Å². The Balaban J connectivity index is 2.74. The van der Waals surface area contributed by atoms with Crippen LogP contribution in [0.4, 0.5) is 18.9 Å². The predicted octanol–water partition coefficient (Wildman–Crippen LogP) is 3.55. The molecule has 0 spiro atoms. The summed E-state index contributed by atoms with van der Waals surface area (Å²) in [7, 11) is 3.28. The van der Waals surface area contributed by atoms with E-state index in [1.807, 2.05) is 0 Å². The Labute approximate surface area is 121 Å². The van der Waals surface area contributed by atoms with Crippen molar-refractivity contribution in [2.75, 3.05) is 19.0 Å². The van der Waals surface area contributed by atoms with E-state index in [0.29, 0.717) is 5.69 Å². The minimum absolute atomic E-state index is 0.186. The number of halogens is 3. The smallest absolute Gasteiger partial charge is 0.377 e. The topological polar surface area (TPSA) is 23.5 Å². The van der Waals surface area contributed by atoms with Crippen LogP contribution in [0, 0.1) is 0 Å². The maximum atomic E-state index is 13.7. The van der Waals surface area contributed by atoms with E-state index in [4.69, 9.17) is 0 Å². The molecule has 0 amide bonds. The van der Waals surface area contributed by atoms with Gasteiger partial charge in [-0.3, -0.25) is 0 Å². The van der Waals surface area contributed by atoms with E-state index < -0.39 is 11.8 Å². The first-order chi connectivity index (χ1) is 9.78. The van der Waals surface area contributed by atoms with Crippen molar-refractivity contribution in [3.8, 4) is 0 Å². The third-order valence-corrected chi connectivity index (χ3v) is 3.38. The first-order valence-corrected chi connectivity index (χ1v) is 6.40. The van der Waals surface area contributed by atoms with Gasteiger partial charge in [-0.2, -0.15) is 13.2 Å². The molecule has 0 aliphatic carbocycles. The highest BCUT2D eigenvalue weighted by atomic mass is 19.4. The Morgan fingerprint density at radius 1 is 0.857 bits per heavy atom. The van der Waals surface area contributed by atoms with Gasteiger partial charge in [-0.1, -0.05) is 48.5 Å². The van der Waals surface area contributed by atoms with Crippen LogP contribution in [0.5, 0.6) is 0 Å². The van der Waals surface area contributed by atoms with Gasteiger partial charge in [0.15, 0.2) is 0 Å². The number of aliphatic hydroxyl groups is 1. The fourth-order valence-electron chi connectivity index (χ4n) is 2.32. The molecule has 1 atom stereocenters. The van der Waals surface area contributed by atoms with Crippen molar-refractivity contribution in [2.24, 2.45) is 0 Å². The molecule has 0 heterocycles. The second kappa shape index (κ2) is 5.41. The largest absolute Gasteiger partial charge is 0.425 e. The van der Waals surface area contributed by atoms with Crippen LogP contribution in [-0.2, 0) is 5.60 Å². The molecule has 0 aliphatic heterocycles. The van der Waals surface area contributed by atoms with E-state index in [9.17, 15) is 18.3 Å². The summed E-state index contributed by atoms with van der Waals surface area (Å²) in [6.45, 7) is 0. The normalized spacial score (nSPS) is 14.6. The summed E-state index contributed by atoms with van der Waals surface area (Å²) in [6, 6.07) is 13.1. The fraction of sp³-hybridized carbons (Fsp3) is 0.250. The molecule has 0 saturated heterocycles. The van der Waals surface area contributed by atoms with E-state index in [2.05, 4.69) is 0 Å². The fourth-order valence-corrected chi connectivity index (χ4v) is 2.32. The van der Waals surface area contributed by atoms with Gasteiger partial charge in [-0.15, -0.1) is 0 Å². The van der Waals surface area contributed by atoms with E-state index in [0.717, 1.165) is 0 Å². The molecular formula is C16H16F3NO. The van der Waals surface area contributed by atoms with Gasteiger partial charge in [0.05, 0.1) is 0 Å². The summed E-state index contributed by atoms with van der Waals surface area (Å²) in [6.07, 6.45) is -4.83. The zero-order chi connectivity index (χ0) is 15.7. The van der Waals surface area contributed by atoms with Gasteiger partial charge in [-0.05, 0) is 11.6 Å². The number of para-hydroxylation sites is 1. The molecule has 5 heteroatoms. The van der Waals surface area contributed by atoms with Crippen LogP contribution < -0.4 is 4.90 Å². The lowest BCUT2D eigenvalue weighted by Gasteiger charge is -2.34. The Morgan fingerprint density at radius 2 is 1.38 bits per heavy atom. The minimum atomic E-state index is -4.83. The lowest BCUT2D eigenvalue weighted by Crippen LogP contribution is -2.44. The van der Waals surface area contributed by atoms with Crippen molar-refractivity contribution >= 4 is 5.69 Å². The van der Waals surface area contributed by atoms with Crippen LogP contribution in [0.1, 0.15) is 11.1 Å². The number of alkyl halides is 3. The van der Waals surface area contributed by atoms with Gasteiger partial charge in [0.1, 0.15) is 0 Å². The molecule has 2 rings (SSSR count). The molecule has 0 aromatic heterocycles. The highest BCUT2D eigenvalue weighted by Crippen LogP contribution is 2.46. The zero-order valence-corrected chi connectivity index (χ0v) is 11.7. The summed E-state index contributed by atoms with van der Waals surface area (Å²) in [5, 5.41) is 10.6. The molecule has 0 bridgehead atoms. The molecule has 2 aromatic rings. The van der Waals surface area contributed by atoms with Gasteiger partial charge < -0.3 is 10.0 Å². The highest BCUT2D eigenvalue weighted by molar-refractivity contribution is 5.58. The summed E-state index contributed by atoms with van der Waals surface area (Å²) in [5.74, 6) is 0. The summed E-state index contributed by atoms with van der Waals surface area (Å²) in [5.41, 5.74) is -3.11. The van der Waals surface area contributed by atoms with Gasteiger partial charge in [0.25, 0.3) is 0 Å². The molecule has 0 fully saturated rings. The van der Waals surface area contributed by atoms with Crippen LogP contribution in [0.25, 0.3) is 0 Å². The third kappa shape index (κ3) is 2.61. The summed E-state index contributed by atoms with van der Waals surface area (Å²) >= 11 is 0. The number of anilines is 1. The van der Waals surface area contributed by atoms with E-state index in [1.165, 1.54) is 36.4 Å². The minimum Gasteiger partial charge on any atom is -0.377 e. The molecule has 112 valence electrons. The standard InChI is InChI=1S/C16H16F3NO/c1-20(2)14-11-7-6-10-13(14)15(21,16(17,18)19)12-8-4-3-5-9-12/h3-11,21H,1-2H3. The number of hydrogen-bond donors (Lipinski definition) is 1. The molecule has 21 heavy (non-hydrogen) atoms. The average Bonchev–Trinajstić information content (AvgIpc) is 2.46. The lowest BCUT2D eigenvalue weighted by atomic mass is 9.84. The quantitative estimate of drug-likeness (QED) is 0.936. The molecule has 1 N–H and O–H groups in total. The van der Waals surface area contributed by atoms with Crippen molar-refractivity contribution in [2.45, 2.75) is 11.8 Å². The Bertz CT molecular complexity index is 610. The molecule has 2 nitrogen and oxygen atoms in total. The van der Waals surface area contributed by atoms with E-state index in [-0.39, 0.29) is 11.1 Å². The van der Waals surface area contributed by atoms with Crippen molar-refractivity contribution < 1.29 is 18.3 Å². The predicted molar refractivity (Wildman–Crippen MR) is 76.3 cm³/mol. The Hall–Kier alpha value is -2.01. The molecular weight excluding hydrogens is 279 g/mol. The number of rotatable bonds is 3. The second-order valence-corrected chi connectivity index (χ2v) is 4.99. The van der Waals surface area contributed by atoms with Crippen LogP contribution in [0.15, 0.2) is 54.6 Å². The summed E-state index contributed by atoms with van der Waals surface area (Å²) < 4.78 is 41.0. The monoisotopic (exact) mass is 295 g/mol. The average molecular weight is 295 g/mol. The van der Waals surface area contributed by atoms with Gasteiger partial charge in [-0.25, -0.2) is 0 Å². The zero-order valence-electron chi connectivity index (χ0n) is 11.7. The maximum Gasteiger partial charge on any atom is 0.425 e. The van der Waals surface area contributed by atoms with Crippen molar-refractivity contribution in [3.05, 3.63) is 65.7 Å². The van der Waals surface area contributed by atoms with Crippen molar-refractivity contribution in [3.63, 3.8) is 0 Å². The molecule has 0 saturated carbocycles. The van der Waals surface area contributed by atoms with Gasteiger partial charge in [0, 0.05) is 25.3 Å². The highest BCUT2D eigenvalue weighted by Gasteiger charge is 2.57. The van der Waals surface area contributed by atoms with Crippen molar-refractivity contribution in [1.82, 2.24) is 0 Å². The van der Waals surface area contributed by atoms with Gasteiger partial charge in [0.2, 0.25) is 5.60 Å². The Kier molecular flexibility index (Phi) is 3.96. The number of hydrogen-bond acceptors (Lipinski definition) is 2. The van der Waals surface area contributed by atoms with E-state index in [1.54, 1.807) is 37.2 Å². The molecule has 0 radical (unpaired) electrons. The van der Waals surface area contributed by atoms with Crippen LogP contribution >= 0.6 is 0 Å². The number of nitrogens with zero attached hydrogens (tertiary/aromatic N) is 1. The van der Waals surface area contributed by atoms with Crippen LogP contribution in [-0.4, -0.2) is 25.4 Å². The molecule has 2 aromatic carbocycles. The Morgan fingerprint density at radius 3 is 1.90 bits per heavy atom. The van der Waals surface area contributed by atoms with Crippen LogP contribution in [0.3, 0.4) is 0 Å². The number of benzene rings is 2. The lowest BCUT2D eigenvalue weighted by molar-refractivity contribution is -0.248. The maximum absolute atomic E-state index is 13.7. The molecule has 0 aliphatic rings. The van der Waals surface area contributed by atoms with E-state index >= 15 is 0 Å². The summed E-state index contributed by atoms with van der Waals surface area (Å²) in [4.78, 5) is 1.55. The third-order valence-electron chi connectivity index (χ3n) is 3.38. The second-order valence-electron chi connectivity index (χ2n) is 4.99. The SMILES string of the molecule is CN(C)c1ccccc1C(O)(c1ccccc1)C(F)(F)F. The van der Waals surface area contributed by atoms with Gasteiger partial charge >= 0.3 is 6.18 Å². The van der Waals surface area contributed by atoms with Crippen molar-refractivity contribution in [1.29, 1.82) is 0 Å². The first-order valence-electron chi connectivity index (χ1n) is 6.40. The molecule has 1 unspecified atom stereocenters. The first kappa shape index (κ1) is 15.4.